The van der Waals surface area contributed by atoms with Crippen LogP contribution >= 0.6 is 24.2 Å². The molecule has 20 heavy (non-hydrogen) atoms. The lowest BCUT2D eigenvalue weighted by atomic mass is 10.1. The highest BCUT2D eigenvalue weighted by Gasteiger charge is 2.19. The Labute approximate surface area is 132 Å². The van der Waals surface area contributed by atoms with Gasteiger partial charge in [0.1, 0.15) is 0 Å². The molecule has 1 aromatic carbocycles. The molecule has 0 aliphatic rings. The number of nitrogens with two attached hydrogens (primary N) is 1. The number of thioether (sulfide) groups is 1. The van der Waals surface area contributed by atoms with E-state index in [9.17, 15) is 4.79 Å². The van der Waals surface area contributed by atoms with E-state index in [0.29, 0.717) is 13.1 Å². The van der Waals surface area contributed by atoms with Gasteiger partial charge in [0.25, 0.3) is 0 Å². The van der Waals surface area contributed by atoms with Gasteiger partial charge in [0.2, 0.25) is 5.91 Å². The SMILES string of the molecule is CSCC(C)C(=O)N(CCN)CCc1ccccc1.Cl. The molecule has 0 aliphatic carbocycles. The van der Waals surface area contributed by atoms with Gasteiger partial charge >= 0.3 is 0 Å². The molecule has 0 heterocycles. The standard InChI is InChI=1S/C15H24N2OS.ClH/c1-13(12-19-2)15(18)17(11-9-16)10-8-14-6-4-3-5-7-14;/h3-7,13H,8-12,16H2,1-2H3;1H. The van der Waals surface area contributed by atoms with Gasteiger partial charge in [-0.15, -0.1) is 12.4 Å². The molecule has 0 saturated heterocycles. The van der Waals surface area contributed by atoms with Crippen molar-refractivity contribution >= 4 is 30.1 Å². The molecule has 0 bridgehead atoms. The number of carbonyl (C=O) groups is 1. The predicted octanol–water partition coefficient (Wildman–Crippen LogP) is 2.44. The van der Waals surface area contributed by atoms with Crippen LogP contribution in [0.5, 0.6) is 0 Å². The second-order valence-electron chi connectivity index (χ2n) is 4.71. The van der Waals surface area contributed by atoms with Gasteiger partial charge in [-0.3, -0.25) is 4.79 Å². The van der Waals surface area contributed by atoms with Crippen LogP contribution in [0.15, 0.2) is 30.3 Å². The Balaban J connectivity index is 0.00000361. The zero-order valence-corrected chi connectivity index (χ0v) is 13.9. The molecule has 0 aromatic heterocycles. The topological polar surface area (TPSA) is 46.3 Å². The third kappa shape index (κ3) is 6.64. The number of rotatable bonds is 8. The smallest absolute Gasteiger partial charge is 0.226 e. The van der Waals surface area contributed by atoms with E-state index in [1.165, 1.54) is 5.56 Å². The number of amides is 1. The Bertz CT molecular complexity index is 375. The van der Waals surface area contributed by atoms with E-state index in [4.69, 9.17) is 5.73 Å². The van der Waals surface area contributed by atoms with Crippen LogP contribution in [0.4, 0.5) is 0 Å². The molecule has 2 N–H and O–H groups in total. The number of hydrogen-bond acceptors (Lipinski definition) is 3. The Morgan fingerprint density at radius 3 is 2.50 bits per heavy atom. The molecule has 114 valence electrons. The lowest BCUT2D eigenvalue weighted by Gasteiger charge is -2.25. The second-order valence-corrected chi connectivity index (χ2v) is 5.62. The zero-order valence-electron chi connectivity index (χ0n) is 12.2. The van der Waals surface area contributed by atoms with Gasteiger partial charge in [-0.25, -0.2) is 0 Å². The van der Waals surface area contributed by atoms with E-state index >= 15 is 0 Å². The van der Waals surface area contributed by atoms with Gasteiger partial charge < -0.3 is 10.6 Å². The number of carbonyl (C=O) groups excluding carboxylic acids is 1. The van der Waals surface area contributed by atoms with E-state index in [0.717, 1.165) is 18.7 Å². The highest BCUT2D eigenvalue weighted by molar-refractivity contribution is 7.98. The normalized spacial score (nSPS) is 11.6. The van der Waals surface area contributed by atoms with Gasteiger partial charge in [0.05, 0.1) is 0 Å². The quantitative estimate of drug-likeness (QED) is 0.801. The fourth-order valence-electron chi connectivity index (χ4n) is 2.03. The van der Waals surface area contributed by atoms with Crippen molar-refractivity contribution in [1.82, 2.24) is 4.90 Å². The van der Waals surface area contributed by atoms with Crippen LogP contribution in [0.2, 0.25) is 0 Å². The van der Waals surface area contributed by atoms with Crippen LogP contribution in [-0.4, -0.2) is 42.4 Å². The van der Waals surface area contributed by atoms with E-state index in [2.05, 4.69) is 12.1 Å². The summed E-state index contributed by atoms with van der Waals surface area (Å²) < 4.78 is 0. The largest absolute Gasteiger partial charge is 0.341 e. The fraction of sp³-hybridized carbons (Fsp3) is 0.533. The summed E-state index contributed by atoms with van der Waals surface area (Å²) in [4.78, 5) is 14.2. The Morgan fingerprint density at radius 1 is 1.30 bits per heavy atom. The first-order valence-corrected chi connectivity index (χ1v) is 8.10. The molecule has 0 spiro atoms. The van der Waals surface area contributed by atoms with Crippen LogP contribution in [0.25, 0.3) is 0 Å². The summed E-state index contributed by atoms with van der Waals surface area (Å²) >= 11 is 1.71. The Hall–Kier alpha value is -0.710. The third-order valence-corrected chi connectivity index (χ3v) is 3.90. The average Bonchev–Trinajstić information content (AvgIpc) is 2.44. The number of hydrogen-bond donors (Lipinski definition) is 1. The van der Waals surface area contributed by atoms with Crippen molar-refractivity contribution in [3.63, 3.8) is 0 Å². The summed E-state index contributed by atoms with van der Waals surface area (Å²) in [5.74, 6) is 1.15. The molecule has 1 rings (SSSR count). The lowest BCUT2D eigenvalue weighted by Crippen LogP contribution is -2.40. The van der Waals surface area contributed by atoms with Crippen LogP contribution in [-0.2, 0) is 11.2 Å². The first-order chi connectivity index (χ1) is 9.19. The highest BCUT2D eigenvalue weighted by atomic mass is 35.5. The first-order valence-electron chi connectivity index (χ1n) is 6.70. The Morgan fingerprint density at radius 2 is 1.95 bits per heavy atom. The summed E-state index contributed by atoms with van der Waals surface area (Å²) in [5.41, 5.74) is 6.87. The molecule has 1 amide bonds. The predicted molar refractivity (Wildman–Crippen MR) is 90.6 cm³/mol. The summed E-state index contributed by atoms with van der Waals surface area (Å²) in [5, 5.41) is 0. The van der Waals surface area contributed by atoms with E-state index < -0.39 is 0 Å². The first kappa shape index (κ1) is 19.3. The molecule has 1 aromatic rings. The van der Waals surface area contributed by atoms with E-state index in [1.54, 1.807) is 11.8 Å². The molecule has 0 radical (unpaired) electrons. The van der Waals surface area contributed by atoms with Crippen molar-refractivity contribution in [3.05, 3.63) is 35.9 Å². The van der Waals surface area contributed by atoms with Crippen molar-refractivity contribution in [2.24, 2.45) is 11.7 Å². The third-order valence-electron chi connectivity index (χ3n) is 3.06. The van der Waals surface area contributed by atoms with Crippen molar-refractivity contribution in [2.45, 2.75) is 13.3 Å². The second kappa shape index (κ2) is 11.0. The number of nitrogens with zero attached hydrogens (tertiary/aromatic N) is 1. The maximum absolute atomic E-state index is 12.3. The van der Waals surface area contributed by atoms with E-state index in [-0.39, 0.29) is 24.2 Å². The highest BCUT2D eigenvalue weighted by Crippen LogP contribution is 2.10. The van der Waals surface area contributed by atoms with Gasteiger partial charge in [-0.05, 0) is 18.2 Å². The molecule has 5 heteroatoms. The summed E-state index contributed by atoms with van der Waals surface area (Å²) in [7, 11) is 0. The summed E-state index contributed by atoms with van der Waals surface area (Å²) in [6, 6.07) is 10.3. The monoisotopic (exact) mass is 316 g/mol. The van der Waals surface area contributed by atoms with Crippen molar-refractivity contribution in [1.29, 1.82) is 0 Å². The van der Waals surface area contributed by atoms with Crippen molar-refractivity contribution in [3.8, 4) is 0 Å². The molecule has 3 nitrogen and oxygen atoms in total. The number of benzene rings is 1. The average molecular weight is 317 g/mol. The van der Waals surface area contributed by atoms with Gasteiger partial charge in [-0.1, -0.05) is 37.3 Å². The van der Waals surface area contributed by atoms with Gasteiger partial charge in [0, 0.05) is 31.3 Å². The maximum atomic E-state index is 12.3. The van der Waals surface area contributed by atoms with E-state index in [1.807, 2.05) is 36.3 Å². The molecule has 1 atom stereocenters. The molecule has 1 unspecified atom stereocenters. The zero-order chi connectivity index (χ0) is 14.1. The van der Waals surface area contributed by atoms with Crippen molar-refractivity contribution < 1.29 is 4.79 Å². The molecule has 0 aliphatic heterocycles. The maximum Gasteiger partial charge on any atom is 0.226 e. The Kier molecular flexibility index (Phi) is 10.6. The molecule has 0 fully saturated rings. The minimum absolute atomic E-state index is 0. The molecular formula is C15H25ClN2OS. The van der Waals surface area contributed by atoms with Gasteiger partial charge in [0.15, 0.2) is 0 Å². The van der Waals surface area contributed by atoms with Crippen molar-refractivity contribution in [2.75, 3.05) is 31.6 Å². The molecule has 0 saturated carbocycles. The van der Waals surface area contributed by atoms with Crippen LogP contribution < -0.4 is 5.73 Å². The minimum Gasteiger partial charge on any atom is -0.341 e. The fourth-order valence-corrected chi connectivity index (χ4v) is 2.67. The summed E-state index contributed by atoms with van der Waals surface area (Å²) in [6.45, 7) is 3.90. The van der Waals surface area contributed by atoms with Crippen LogP contribution in [0, 0.1) is 5.92 Å². The molecular weight excluding hydrogens is 292 g/mol. The lowest BCUT2D eigenvalue weighted by molar-refractivity contribution is -0.134. The van der Waals surface area contributed by atoms with Crippen LogP contribution in [0.3, 0.4) is 0 Å². The van der Waals surface area contributed by atoms with Crippen LogP contribution in [0.1, 0.15) is 12.5 Å². The van der Waals surface area contributed by atoms with Gasteiger partial charge in [-0.2, -0.15) is 11.8 Å². The minimum atomic E-state index is 0. The number of halogens is 1. The summed E-state index contributed by atoms with van der Waals surface area (Å²) in [6.07, 6.45) is 2.92.